The number of anilines is 1. The monoisotopic (exact) mass is 502 g/mol. The molecule has 35 heavy (non-hydrogen) atoms. The van der Waals surface area contributed by atoms with Crippen molar-refractivity contribution in [3.8, 4) is 11.1 Å². The summed E-state index contributed by atoms with van der Waals surface area (Å²) in [5.41, 5.74) is 0.583. The average molecular weight is 503 g/mol. The van der Waals surface area contributed by atoms with Gasteiger partial charge in [-0.3, -0.25) is 9.59 Å². The Kier molecular flexibility index (Phi) is 6.66. The molecule has 0 spiro atoms. The number of hydrogen-bond acceptors (Lipinski definition) is 5. The number of halogens is 3. The fourth-order valence-electron chi connectivity index (χ4n) is 4.05. The number of carbonyl (C=O) groups is 2. The summed E-state index contributed by atoms with van der Waals surface area (Å²) in [5, 5.41) is 0. The lowest BCUT2D eigenvalue weighted by molar-refractivity contribution is 0.0747. The van der Waals surface area contributed by atoms with Gasteiger partial charge in [-0.1, -0.05) is 6.07 Å². The van der Waals surface area contributed by atoms with Gasteiger partial charge in [-0.05, 0) is 48.0 Å². The third-order valence-corrected chi connectivity index (χ3v) is 7.00. The van der Waals surface area contributed by atoms with E-state index in [4.69, 9.17) is 0 Å². The van der Waals surface area contributed by atoms with Crippen LogP contribution in [0.1, 0.15) is 20.7 Å². The third-order valence-electron chi connectivity index (χ3n) is 5.89. The summed E-state index contributed by atoms with van der Waals surface area (Å²) in [6.45, 7) is 0.967. The number of carbonyl (C=O) groups excluding carboxylic acids is 2. The van der Waals surface area contributed by atoms with Crippen molar-refractivity contribution in [3.05, 3.63) is 83.2 Å². The zero-order valence-electron chi connectivity index (χ0n) is 18.7. The largest absolute Gasteiger partial charge is 0.366 e. The highest BCUT2D eigenvalue weighted by atomic mass is 32.2. The van der Waals surface area contributed by atoms with E-state index in [1.54, 1.807) is 4.90 Å². The van der Waals surface area contributed by atoms with Gasteiger partial charge in [-0.2, -0.15) is 0 Å². The van der Waals surface area contributed by atoms with E-state index in [2.05, 4.69) is 0 Å². The lowest BCUT2D eigenvalue weighted by Gasteiger charge is -2.36. The summed E-state index contributed by atoms with van der Waals surface area (Å²) < 4.78 is 66.6. The molecule has 0 radical (unpaired) electrons. The smallest absolute Gasteiger partial charge is 0.254 e. The van der Waals surface area contributed by atoms with Crippen LogP contribution in [0.5, 0.6) is 0 Å². The quantitative estimate of drug-likeness (QED) is 0.494. The normalized spacial score (nSPS) is 14.2. The van der Waals surface area contributed by atoms with Crippen LogP contribution in [-0.4, -0.2) is 57.9 Å². The summed E-state index contributed by atoms with van der Waals surface area (Å²) in [6, 6.07) is 10.9. The highest BCUT2D eigenvalue weighted by Crippen LogP contribution is 2.31. The number of nitrogens with zero attached hydrogens (tertiary/aromatic N) is 2. The van der Waals surface area contributed by atoms with Gasteiger partial charge in [0.25, 0.3) is 5.91 Å². The van der Waals surface area contributed by atoms with Crippen LogP contribution in [0.3, 0.4) is 0 Å². The lowest BCUT2D eigenvalue weighted by atomic mass is 9.98. The maximum atomic E-state index is 14.5. The molecule has 1 heterocycles. The molecule has 0 unspecified atom stereocenters. The summed E-state index contributed by atoms with van der Waals surface area (Å²) >= 11 is 0. The Balaban J connectivity index is 1.64. The minimum Gasteiger partial charge on any atom is -0.366 e. The second-order valence-corrected chi connectivity index (χ2v) is 10.2. The van der Waals surface area contributed by atoms with Crippen LogP contribution in [-0.2, 0) is 9.84 Å². The highest BCUT2D eigenvalue weighted by Gasteiger charge is 2.27. The summed E-state index contributed by atoms with van der Waals surface area (Å²) in [4.78, 5) is 27.4. The van der Waals surface area contributed by atoms with Crippen LogP contribution in [0.2, 0.25) is 0 Å². The van der Waals surface area contributed by atoms with Crippen molar-refractivity contribution in [2.45, 2.75) is 4.90 Å². The molecular weight excluding hydrogens is 481 g/mol. The molecule has 1 aliphatic rings. The van der Waals surface area contributed by atoms with Crippen LogP contribution in [0.4, 0.5) is 18.9 Å². The predicted octanol–water partition coefficient (Wildman–Crippen LogP) is 3.95. The van der Waals surface area contributed by atoms with E-state index in [1.807, 2.05) is 0 Å². The first-order valence-electron chi connectivity index (χ1n) is 10.7. The van der Waals surface area contributed by atoms with Crippen molar-refractivity contribution in [1.29, 1.82) is 0 Å². The molecule has 3 aromatic rings. The number of hydrogen-bond donors (Lipinski definition) is 0. The molecule has 4 rings (SSSR count). The van der Waals surface area contributed by atoms with E-state index in [-0.39, 0.29) is 53.3 Å². The molecule has 1 amide bonds. The Hall–Kier alpha value is -3.66. The Labute approximate surface area is 200 Å². The minimum atomic E-state index is -3.66. The van der Waals surface area contributed by atoms with Crippen LogP contribution in [0.15, 0.2) is 59.5 Å². The molecule has 3 aromatic carbocycles. The number of benzene rings is 3. The van der Waals surface area contributed by atoms with Gasteiger partial charge >= 0.3 is 0 Å². The summed E-state index contributed by atoms with van der Waals surface area (Å²) in [5.74, 6) is -2.74. The van der Waals surface area contributed by atoms with Gasteiger partial charge < -0.3 is 9.80 Å². The minimum absolute atomic E-state index is 0.0339. The number of aldehydes is 1. The van der Waals surface area contributed by atoms with Crippen molar-refractivity contribution in [1.82, 2.24) is 4.90 Å². The van der Waals surface area contributed by atoms with E-state index < -0.39 is 33.2 Å². The standard InChI is InChI=1S/C25H21F3N2O4S/c1-35(33,34)18-4-6-19(20-5-3-17(26)13-22(20)27)21(14-18)25(32)30-10-8-29(9-11-30)24-7-2-16(15-31)12-23(24)28/h2-7,12-15H,8-11H2,1H3. The molecule has 10 heteroatoms. The maximum Gasteiger partial charge on any atom is 0.254 e. The zero-order chi connectivity index (χ0) is 25.3. The van der Waals surface area contributed by atoms with E-state index in [0.29, 0.717) is 18.0 Å². The number of sulfone groups is 1. The van der Waals surface area contributed by atoms with E-state index >= 15 is 0 Å². The Morgan fingerprint density at radius 1 is 0.857 bits per heavy atom. The fourth-order valence-corrected chi connectivity index (χ4v) is 4.69. The molecule has 0 N–H and O–H groups in total. The summed E-state index contributed by atoms with van der Waals surface area (Å²) in [7, 11) is -3.66. The first-order valence-corrected chi connectivity index (χ1v) is 12.6. The van der Waals surface area contributed by atoms with Crippen LogP contribution in [0, 0.1) is 17.5 Å². The van der Waals surface area contributed by atoms with Gasteiger partial charge in [0, 0.05) is 55.2 Å². The van der Waals surface area contributed by atoms with Gasteiger partial charge in [-0.15, -0.1) is 0 Å². The van der Waals surface area contributed by atoms with Gasteiger partial charge in [0.1, 0.15) is 23.7 Å². The molecule has 0 atom stereocenters. The number of rotatable bonds is 5. The second-order valence-electron chi connectivity index (χ2n) is 8.21. The van der Waals surface area contributed by atoms with Crippen molar-refractivity contribution in [2.75, 3.05) is 37.3 Å². The van der Waals surface area contributed by atoms with Gasteiger partial charge in [0.2, 0.25) is 0 Å². The van der Waals surface area contributed by atoms with Crippen LogP contribution < -0.4 is 4.90 Å². The predicted molar refractivity (Wildman–Crippen MR) is 125 cm³/mol. The van der Waals surface area contributed by atoms with Crippen LogP contribution >= 0.6 is 0 Å². The van der Waals surface area contributed by atoms with Crippen LogP contribution in [0.25, 0.3) is 11.1 Å². The Bertz CT molecular complexity index is 1420. The topological polar surface area (TPSA) is 74.8 Å². The molecule has 1 fully saturated rings. The molecular formula is C25H21F3N2O4S. The molecule has 6 nitrogen and oxygen atoms in total. The van der Waals surface area contributed by atoms with Crippen molar-refractivity contribution < 1.29 is 31.2 Å². The zero-order valence-corrected chi connectivity index (χ0v) is 19.5. The van der Waals surface area contributed by atoms with Crippen molar-refractivity contribution in [2.24, 2.45) is 0 Å². The van der Waals surface area contributed by atoms with Gasteiger partial charge in [-0.25, -0.2) is 21.6 Å². The summed E-state index contributed by atoms with van der Waals surface area (Å²) in [6.07, 6.45) is 1.55. The molecule has 1 saturated heterocycles. The lowest BCUT2D eigenvalue weighted by Crippen LogP contribution is -2.49. The molecule has 0 saturated carbocycles. The molecule has 0 aliphatic carbocycles. The molecule has 182 valence electrons. The van der Waals surface area contributed by atoms with Gasteiger partial charge in [0.15, 0.2) is 9.84 Å². The maximum absolute atomic E-state index is 14.5. The number of piperazine rings is 1. The first-order chi connectivity index (χ1) is 16.6. The fraction of sp³-hybridized carbons (Fsp3) is 0.200. The molecule has 0 bridgehead atoms. The van der Waals surface area contributed by atoms with E-state index in [0.717, 1.165) is 18.4 Å². The highest BCUT2D eigenvalue weighted by molar-refractivity contribution is 7.90. The van der Waals surface area contributed by atoms with E-state index in [1.165, 1.54) is 41.3 Å². The van der Waals surface area contributed by atoms with Gasteiger partial charge in [0.05, 0.1) is 10.6 Å². The first kappa shape index (κ1) is 24.5. The van der Waals surface area contributed by atoms with Crippen molar-refractivity contribution in [3.63, 3.8) is 0 Å². The Morgan fingerprint density at radius 3 is 2.14 bits per heavy atom. The molecule has 0 aromatic heterocycles. The second kappa shape index (κ2) is 9.53. The third kappa shape index (κ3) is 5.07. The Morgan fingerprint density at radius 2 is 1.54 bits per heavy atom. The number of amides is 1. The average Bonchev–Trinajstić information content (AvgIpc) is 2.83. The molecule has 1 aliphatic heterocycles. The van der Waals surface area contributed by atoms with E-state index in [9.17, 15) is 31.2 Å². The SMILES string of the molecule is CS(=O)(=O)c1ccc(-c2ccc(F)cc2F)c(C(=O)N2CCN(c3ccc(C=O)cc3F)CC2)c1. The van der Waals surface area contributed by atoms with Crippen molar-refractivity contribution >= 4 is 27.7 Å².